The van der Waals surface area contributed by atoms with Crippen LogP contribution in [0.5, 0.6) is 5.75 Å². The number of rotatable bonds is 7. The van der Waals surface area contributed by atoms with Gasteiger partial charge >= 0.3 is 5.97 Å². The topological polar surface area (TPSA) is 84.9 Å². The standard InChI is InChI=1S/C18H24N2O5/c1-13(18(23)20-11-5-6-12-20)25-16(21)9-10-19-17(22)14-7-3-4-8-15(14)24-2/h3-4,7-8,13H,5-6,9-12H2,1-2H3,(H,19,22). The molecule has 1 aliphatic rings. The molecule has 0 bridgehead atoms. The van der Waals surface area contributed by atoms with Crippen LogP contribution in [0.2, 0.25) is 0 Å². The SMILES string of the molecule is COc1ccccc1C(=O)NCCC(=O)OC(C)C(=O)N1CCCC1. The molecule has 1 aromatic rings. The van der Waals surface area contributed by atoms with Crippen LogP contribution in [0.3, 0.4) is 0 Å². The van der Waals surface area contributed by atoms with Crippen molar-refractivity contribution in [3.8, 4) is 5.75 Å². The molecule has 1 unspecified atom stereocenters. The first kappa shape index (κ1) is 18.8. The van der Waals surface area contributed by atoms with Gasteiger partial charge in [-0.05, 0) is 31.9 Å². The predicted molar refractivity (Wildman–Crippen MR) is 91.3 cm³/mol. The first-order valence-corrected chi connectivity index (χ1v) is 8.42. The minimum Gasteiger partial charge on any atom is -0.496 e. The van der Waals surface area contributed by atoms with E-state index < -0.39 is 12.1 Å². The Morgan fingerprint density at radius 2 is 1.88 bits per heavy atom. The fraction of sp³-hybridized carbons (Fsp3) is 0.500. The lowest BCUT2D eigenvalue weighted by atomic mass is 10.2. The molecule has 2 amide bonds. The van der Waals surface area contributed by atoms with Gasteiger partial charge < -0.3 is 19.7 Å². The lowest BCUT2D eigenvalue weighted by Gasteiger charge is -2.20. The number of nitrogens with one attached hydrogen (secondary N) is 1. The zero-order valence-electron chi connectivity index (χ0n) is 14.6. The van der Waals surface area contributed by atoms with Crippen LogP contribution in [0.15, 0.2) is 24.3 Å². The van der Waals surface area contributed by atoms with Gasteiger partial charge in [-0.3, -0.25) is 14.4 Å². The maximum Gasteiger partial charge on any atom is 0.308 e. The highest BCUT2D eigenvalue weighted by molar-refractivity contribution is 5.97. The zero-order chi connectivity index (χ0) is 18.2. The van der Waals surface area contributed by atoms with Crippen LogP contribution in [0.25, 0.3) is 0 Å². The summed E-state index contributed by atoms with van der Waals surface area (Å²) in [6, 6.07) is 6.83. The number of methoxy groups -OCH3 is 1. The normalized spacial score (nSPS) is 14.7. The van der Waals surface area contributed by atoms with Crippen LogP contribution in [0.4, 0.5) is 0 Å². The van der Waals surface area contributed by atoms with Gasteiger partial charge in [0, 0.05) is 19.6 Å². The molecular weight excluding hydrogens is 324 g/mol. The van der Waals surface area contributed by atoms with Gasteiger partial charge in [0.05, 0.1) is 19.1 Å². The smallest absolute Gasteiger partial charge is 0.308 e. The Bertz CT molecular complexity index is 626. The number of likely N-dealkylation sites (tertiary alicyclic amines) is 1. The quantitative estimate of drug-likeness (QED) is 0.752. The van der Waals surface area contributed by atoms with Crippen LogP contribution in [-0.4, -0.2) is 55.5 Å². The van der Waals surface area contributed by atoms with E-state index in [1.807, 2.05) is 0 Å². The molecule has 7 nitrogen and oxygen atoms in total. The number of nitrogens with zero attached hydrogens (tertiary/aromatic N) is 1. The molecular formula is C18H24N2O5. The number of amides is 2. The molecule has 136 valence electrons. The molecule has 25 heavy (non-hydrogen) atoms. The Morgan fingerprint density at radius 3 is 2.56 bits per heavy atom. The van der Waals surface area contributed by atoms with Crippen LogP contribution in [0.1, 0.15) is 36.5 Å². The maximum atomic E-state index is 12.1. The molecule has 0 radical (unpaired) electrons. The molecule has 1 N–H and O–H groups in total. The first-order chi connectivity index (χ1) is 12.0. The summed E-state index contributed by atoms with van der Waals surface area (Å²) < 4.78 is 10.3. The van der Waals surface area contributed by atoms with Crippen molar-refractivity contribution >= 4 is 17.8 Å². The molecule has 1 heterocycles. The molecule has 1 atom stereocenters. The minimum absolute atomic E-state index is 0.00148. The van der Waals surface area contributed by atoms with E-state index in [0.717, 1.165) is 25.9 Å². The molecule has 1 saturated heterocycles. The zero-order valence-corrected chi connectivity index (χ0v) is 14.6. The van der Waals surface area contributed by atoms with Gasteiger partial charge in [-0.2, -0.15) is 0 Å². The Labute approximate surface area is 147 Å². The van der Waals surface area contributed by atoms with Crippen LogP contribution in [-0.2, 0) is 14.3 Å². The maximum absolute atomic E-state index is 12.1. The summed E-state index contributed by atoms with van der Waals surface area (Å²) in [6.45, 7) is 3.14. The van der Waals surface area contributed by atoms with Crippen molar-refractivity contribution in [2.24, 2.45) is 0 Å². The van der Waals surface area contributed by atoms with Crippen LogP contribution < -0.4 is 10.1 Å². The fourth-order valence-corrected chi connectivity index (χ4v) is 2.71. The van der Waals surface area contributed by atoms with E-state index in [1.165, 1.54) is 7.11 Å². The number of carbonyl (C=O) groups excluding carboxylic acids is 3. The Hall–Kier alpha value is -2.57. The minimum atomic E-state index is -0.796. The number of para-hydroxylation sites is 1. The second-order valence-corrected chi connectivity index (χ2v) is 5.87. The number of carbonyl (C=O) groups is 3. The number of ether oxygens (including phenoxy) is 2. The highest BCUT2D eigenvalue weighted by atomic mass is 16.5. The van der Waals surface area contributed by atoms with Crippen LogP contribution in [0, 0.1) is 0 Å². The average Bonchev–Trinajstić information content (AvgIpc) is 3.15. The number of hydrogen-bond acceptors (Lipinski definition) is 5. The monoisotopic (exact) mass is 348 g/mol. The van der Waals surface area contributed by atoms with Gasteiger partial charge in [-0.15, -0.1) is 0 Å². The van der Waals surface area contributed by atoms with Gasteiger partial charge in [0.1, 0.15) is 5.75 Å². The van der Waals surface area contributed by atoms with E-state index >= 15 is 0 Å². The number of hydrogen-bond donors (Lipinski definition) is 1. The third kappa shape index (κ3) is 5.20. The van der Waals surface area contributed by atoms with Crippen molar-refractivity contribution in [1.29, 1.82) is 0 Å². The lowest BCUT2D eigenvalue weighted by molar-refractivity contribution is -0.158. The van der Waals surface area contributed by atoms with E-state index in [0.29, 0.717) is 11.3 Å². The van der Waals surface area contributed by atoms with E-state index in [1.54, 1.807) is 36.1 Å². The summed E-state index contributed by atoms with van der Waals surface area (Å²) in [4.78, 5) is 37.7. The van der Waals surface area contributed by atoms with Crippen molar-refractivity contribution in [2.75, 3.05) is 26.7 Å². The number of esters is 1. The summed E-state index contributed by atoms with van der Waals surface area (Å²) in [5, 5.41) is 2.65. The van der Waals surface area contributed by atoms with Crippen molar-refractivity contribution in [1.82, 2.24) is 10.2 Å². The molecule has 7 heteroatoms. The Kier molecular flexibility index (Phi) is 6.80. The molecule has 1 aromatic carbocycles. The van der Waals surface area contributed by atoms with Gasteiger partial charge in [-0.25, -0.2) is 0 Å². The lowest BCUT2D eigenvalue weighted by Crippen LogP contribution is -2.38. The van der Waals surface area contributed by atoms with E-state index in [9.17, 15) is 14.4 Å². The molecule has 1 fully saturated rings. The van der Waals surface area contributed by atoms with E-state index in [-0.39, 0.29) is 24.8 Å². The summed E-state index contributed by atoms with van der Waals surface area (Å²) in [5.41, 5.74) is 0.399. The summed E-state index contributed by atoms with van der Waals surface area (Å²) >= 11 is 0. The third-order valence-electron chi connectivity index (χ3n) is 4.04. The molecule has 0 saturated carbocycles. The predicted octanol–water partition coefficient (Wildman–Crippen LogP) is 1.37. The fourth-order valence-electron chi connectivity index (χ4n) is 2.71. The van der Waals surface area contributed by atoms with Gasteiger partial charge in [0.2, 0.25) is 0 Å². The Morgan fingerprint density at radius 1 is 1.20 bits per heavy atom. The first-order valence-electron chi connectivity index (χ1n) is 8.42. The summed E-state index contributed by atoms with van der Waals surface area (Å²) in [6.07, 6.45) is 1.18. The van der Waals surface area contributed by atoms with Crippen LogP contribution >= 0.6 is 0 Å². The van der Waals surface area contributed by atoms with Gasteiger partial charge in [-0.1, -0.05) is 12.1 Å². The highest BCUT2D eigenvalue weighted by Crippen LogP contribution is 2.16. The second kappa shape index (κ2) is 9.05. The second-order valence-electron chi connectivity index (χ2n) is 5.87. The van der Waals surface area contributed by atoms with Crippen molar-refractivity contribution in [3.05, 3.63) is 29.8 Å². The largest absolute Gasteiger partial charge is 0.496 e. The molecule has 0 aliphatic carbocycles. The third-order valence-corrected chi connectivity index (χ3v) is 4.04. The molecule has 1 aliphatic heterocycles. The van der Waals surface area contributed by atoms with Gasteiger partial charge in [0.25, 0.3) is 11.8 Å². The molecule has 0 spiro atoms. The number of benzene rings is 1. The summed E-state index contributed by atoms with van der Waals surface area (Å²) in [5.74, 6) is -0.539. The highest BCUT2D eigenvalue weighted by Gasteiger charge is 2.25. The van der Waals surface area contributed by atoms with E-state index in [2.05, 4.69) is 5.32 Å². The van der Waals surface area contributed by atoms with Crippen molar-refractivity contribution < 1.29 is 23.9 Å². The Balaban J connectivity index is 1.74. The molecule has 2 rings (SSSR count). The van der Waals surface area contributed by atoms with Crippen molar-refractivity contribution in [3.63, 3.8) is 0 Å². The van der Waals surface area contributed by atoms with E-state index in [4.69, 9.17) is 9.47 Å². The summed E-state index contributed by atoms with van der Waals surface area (Å²) in [7, 11) is 1.49. The van der Waals surface area contributed by atoms with Crippen molar-refractivity contribution in [2.45, 2.75) is 32.3 Å². The average molecular weight is 348 g/mol. The van der Waals surface area contributed by atoms with Gasteiger partial charge in [0.15, 0.2) is 6.10 Å². The molecule has 0 aromatic heterocycles.